The van der Waals surface area contributed by atoms with E-state index in [0.717, 1.165) is 25.9 Å². The zero-order valence-corrected chi connectivity index (χ0v) is 19.0. The number of benzene rings is 2. The number of hydrogen-bond donors (Lipinski definition) is 1. The molecule has 1 amide bonds. The predicted molar refractivity (Wildman–Crippen MR) is 122 cm³/mol. The van der Waals surface area contributed by atoms with Gasteiger partial charge >= 0.3 is 0 Å². The molecule has 2 aliphatic heterocycles. The van der Waals surface area contributed by atoms with E-state index in [2.05, 4.69) is 17.1 Å². The van der Waals surface area contributed by atoms with Gasteiger partial charge in [0.25, 0.3) is 5.91 Å². The number of nitrogens with zero attached hydrogens (tertiary/aromatic N) is 2. The Morgan fingerprint density at radius 1 is 1.10 bits per heavy atom. The average Bonchev–Trinajstić information content (AvgIpc) is 2.89. The summed E-state index contributed by atoms with van der Waals surface area (Å²) in [7, 11) is -3.77. The molecule has 7 nitrogen and oxygen atoms in total. The van der Waals surface area contributed by atoms with E-state index in [0.29, 0.717) is 41.9 Å². The van der Waals surface area contributed by atoms with Gasteiger partial charge in [0.05, 0.1) is 16.9 Å². The first-order valence-electron chi connectivity index (χ1n) is 10.9. The van der Waals surface area contributed by atoms with Gasteiger partial charge < -0.3 is 15.0 Å². The van der Waals surface area contributed by atoms with Crippen molar-refractivity contribution < 1.29 is 17.9 Å². The van der Waals surface area contributed by atoms with Crippen LogP contribution in [0.1, 0.15) is 44.0 Å². The van der Waals surface area contributed by atoms with Gasteiger partial charge in [-0.25, -0.2) is 8.42 Å². The van der Waals surface area contributed by atoms with Crippen LogP contribution in [0.15, 0.2) is 41.3 Å². The first-order valence-corrected chi connectivity index (χ1v) is 12.3. The minimum atomic E-state index is -3.77. The zero-order valence-electron chi connectivity index (χ0n) is 18.2. The van der Waals surface area contributed by atoms with Crippen molar-refractivity contribution in [2.45, 2.75) is 38.5 Å². The Hall–Kier alpha value is -2.58. The molecule has 2 aromatic rings. The van der Waals surface area contributed by atoms with Crippen LogP contribution >= 0.6 is 0 Å². The number of para-hydroxylation sites is 2. The predicted octanol–water partition coefficient (Wildman–Crippen LogP) is 4.31. The molecule has 8 heteroatoms. The van der Waals surface area contributed by atoms with Crippen LogP contribution in [0.3, 0.4) is 0 Å². The van der Waals surface area contributed by atoms with E-state index in [9.17, 15) is 13.2 Å². The molecular weight excluding hydrogens is 414 g/mol. The number of sulfonamides is 1. The number of hydrogen-bond acceptors (Lipinski definition) is 5. The summed E-state index contributed by atoms with van der Waals surface area (Å²) in [5.74, 6) is 1.13. The lowest BCUT2D eigenvalue weighted by Gasteiger charge is -2.34. The molecule has 4 rings (SSSR count). The van der Waals surface area contributed by atoms with Gasteiger partial charge in [0, 0.05) is 32.2 Å². The molecule has 0 aromatic heterocycles. The number of fused-ring (bicyclic) bond motifs is 2. The smallest absolute Gasteiger partial charge is 0.259 e. The van der Waals surface area contributed by atoms with E-state index in [-0.39, 0.29) is 16.4 Å². The van der Waals surface area contributed by atoms with Gasteiger partial charge in [0.1, 0.15) is 10.6 Å². The first-order chi connectivity index (χ1) is 14.8. The van der Waals surface area contributed by atoms with Crippen LogP contribution in [-0.2, 0) is 10.0 Å². The molecule has 2 aliphatic rings. The maximum Gasteiger partial charge on any atom is 0.259 e. The van der Waals surface area contributed by atoms with Crippen LogP contribution in [0.4, 0.5) is 11.4 Å². The number of anilines is 2. The van der Waals surface area contributed by atoms with Gasteiger partial charge in [-0.1, -0.05) is 32.9 Å². The molecule has 0 spiro atoms. The second-order valence-corrected chi connectivity index (χ2v) is 10.0. The fraction of sp³-hybridized carbons (Fsp3) is 0.435. The summed E-state index contributed by atoms with van der Waals surface area (Å²) in [4.78, 5) is 15.2. The van der Waals surface area contributed by atoms with Crippen molar-refractivity contribution in [2.24, 2.45) is 5.92 Å². The lowest BCUT2D eigenvalue weighted by Crippen LogP contribution is -2.36. The first kappa shape index (κ1) is 21.6. The Labute approximate surface area is 184 Å². The van der Waals surface area contributed by atoms with Crippen molar-refractivity contribution in [3.63, 3.8) is 0 Å². The molecule has 0 unspecified atom stereocenters. The SMILES string of the molecule is CCN(CC)S(=O)(=O)c1cc2c(cc1N1CCC(C)CC1)Oc1ccccc1NC2=O. The van der Waals surface area contributed by atoms with Gasteiger partial charge in [-0.15, -0.1) is 0 Å². The second kappa shape index (κ2) is 8.51. The summed E-state index contributed by atoms with van der Waals surface area (Å²) < 4.78 is 34.6. The standard InChI is InChI=1S/C23H29N3O4S/c1-4-26(5-2)31(28,29)22-14-17-21(15-19(22)25-12-10-16(3)11-13-25)30-20-9-7-6-8-18(20)24-23(17)27/h6-9,14-16H,4-5,10-13H2,1-3H3,(H,24,27). The quantitative estimate of drug-likeness (QED) is 0.745. The molecule has 2 heterocycles. The number of piperidine rings is 1. The van der Waals surface area contributed by atoms with Crippen molar-refractivity contribution in [1.82, 2.24) is 4.31 Å². The lowest BCUT2D eigenvalue weighted by atomic mass is 9.98. The molecular formula is C23H29N3O4S. The highest BCUT2D eigenvalue weighted by molar-refractivity contribution is 7.89. The van der Waals surface area contributed by atoms with Crippen LogP contribution in [0.2, 0.25) is 0 Å². The second-order valence-electron chi connectivity index (χ2n) is 8.13. The van der Waals surface area contributed by atoms with Gasteiger partial charge in [0.15, 0.2) is 5.75 Å². The van der Waals surface area contributed by atoms with Gasteiger partial charge in [0.2, 0.25) is 10.0 Å². The number of rotatable bonds is 5. The van der Waals surface area contributed by atoms with Gasteiger partial charge in [-0.2, -0.15) is 4.31 Å². The Balaban J connectivity index is 1.88. The summed E-state index contributed by atoms with van der Waals surface area (Å²) in [6.07, 6.45) is 1.98. The average molecular weight is 444 g/mol. The Kier molecular flexibility index (Phi) is 5.94. The largest absolute Gasteiger partial charge is 0.454 e. The molecule has 0 radical (unpaired) electrons. The third-order valence-electron chi connectivity index (χ3n) is 6.11. The van der Waals surface area contributed by atoms with E-state index in [1.807, 2.05) is 26.0 Å². The van der Waals surface area contributed by atoms with E-state index in [4.69, 9.17) is 4.74 Å². The summed E-state index contributed by atoms with van der Waals surface area (Å²) in [5.41, 5.74) is 1.38. The van der Waals surface area contributed by atoms with E-state index < -0.39 is 10.0 Å². The molecule has 1 N–H and O–H groups in total. The Bertz CT molecular complexity index is 1090. The monoisotopic (exact) mass is 443 g/mol. The normalized spacial score (nSPS) is 16.9. The molecule has 0 bridgehead atoms. The number of ether oxygens (including phenoxy) is 1. The molecule has 1 fully saturated rings. The summed E-state index contributed by atoms with van der Waals surface area (Å²) in [6, 6.07) is 10.4. The molecule has 31 heavy (non-hydrogen) atoms. The van der Waals surface area contributed by atoms with Crippen LogP contribution in [0, 0.1) is 5.92 Å². The van der Waals surface area contributed by atoms with Crippen LogP contribution < -0.4 is 15.0 Å². The van der Waals surface area contributed by atoms with Gasteiger partial charge in [-0.3, -0.25) is 4.79 Å². The van der Waals surface area contributed by atoms with Gasteiger partial charge in [-0.05, 0) is 37.0 Å². The number of carbonyl (C=O) groups is 1. The fourth-order valence-corrected chi connectivity index (χ4v) is 5.86. The highest BCUT2D eigenvalue weighted by Crippen LogP contribution is 2.41. The molecule has 0 aliphatic carbocycles. The Morgan fingerprint density at radius 3 is 2.45 bits per heavy atom. The summed E-state index contributed by atoms with van der Waals surface area (Å²) >= 11 is 0. The molecule has 166 valence electrons. The number of amides is 1. The van der Waals surface area contributed by atoms with Crippen LogP contribution in [0.25, 0.3) is 0 Å². The maximum absolute atomic E-state index is 13.5. The van der Waals surface area contributed by atoms with E-state index in [1.54, 1.807) is 18.2 Å². The summed E-state index contributed by atoms with van der Waals surface area (Å²) in [5, 5.41) is 2.83. The Morgan fingerprint density at radius 2 is 1.77 bits per heavy atom. The highest BCUT2D eigenvalue weighted by atomic mass is 32.2. The fourth-order valence-electron chi connectivity index (χ4n) is 4.18. The maximum atomic E-state index is 13.5. The van der Waals surface area contributed by atoms with Crippen molar-refractivity contribution >= 4 is 27.3 Å². The third-order valence-corrected chi connectivity index (χ3v) is 8.19. The lowest BCUT2D eigenvalue weighted by molar-refractivity contribution is 0.102. The molecule has 0 saturated carbocycles. The number of nitrogens with one attached hydrogen (secondary N) is 1. The van der Waals surface area contributed by atoms with Crippen molar-refractivity contribution in [3.05, 3.63) is 42.0 Å². The van der Waals surface area contributed by atoms with Crippen molar-refractivity contribution in [3.8, 4) is 11.5 Å². The topological polar surface area (TPSA) is 79.0 Å². The third kappa shape index (κ3) is 4.02. The van der Waals surface area contributed by atoms with Crippen LogP contribution in [0.5, 0.6) is 11.5 Å². The number of carbonyl (C=O) groups excluding carboxylic acids is 1. The minimum absolute atomic E-state index is 0.161. The summed E-state index contributed by atoms with van der Waals surface area (Å²) in [6.45, 7) is 8.11. The van der Waals surface area contributed by atoms with E-state index >= 15 is 0 Å². The van der Waals surface area contributed by atoms with Crippen molar-refractivity contribution in [2.75, 3.05) is 36.4 Å². The minimum Gasteiger partial charge on any atom is -0.454 e. The molecule has 2 aromatic carbocycles. The molecule has 0 atom stereocenters. The molecule has 1 saturated heterocycles. The highest BCUT2D eigenvalue weighted by Gasteiger charge is 2.32. The van der Waals surface area contributed by atoms with Crippen LogP contribution in [-0.4, -0.2) is 44.8 Å². The van der Waals surface area contributed by atoms with E-state index in [1.165, 1.54) is 10.4 Å². The zero-order chi connectivity index (χ0) is 22.2. The van der Waals surface area contributed by atoms with Crippen molar-refractivity contribution in [1.29, 1.82) is 0 Å².